The number of nitrogens with zero attached hydrogens (tertiary/aromatic N) is 1. The number of nitrogens with one attached hydrogen (secondary N) is 1. The van der Waals surface area contributed by atoms with E-state index in [9.17, 15) is 9.59 Å². The van der Waals surface area contributed by atoms with Gasteiger partial charge in [-0.25, -0.2) is 0 Å². The van der Waals surface area contributed by atoms with Gasteiger partial charge in [-0.3, -0.25) is 9.59 Å². The van der Waals surface area contributed by atoms with Gasteiger partial charge in [0.15, 0.2) is 0 Å². The Morgan fingerprint density at radius 3 is 2.50 bits per heavy atom. The second kappa shape index (κ2) is 6.37. The number of carbonyl (C=O) groups is 2. The summed E-state index contributed by atoms with van der Waals surface area (Å²) in [5.41, 5.74) is -0.238. The SMILES string of the molecule is CC(C)(C)C1NC(=O)CCN(CC2CCSCC2)C1=O. The maximum Gasteiger partial charge on any atom is 0.245 e. The fourth-order valence-electron chi connectivity index (χ4n) is 2.83. The van der Waals surface area contributed by atoms with E-state index in [-0.39, 0.29) is 17.2 Å². The molecule has 2 saturated heterocycles. The van der Waals surface area contributed by atoms with Gasteiger partial charge in [-0.05, 0) is 35.7 Å². The van der Waals surface area contributed by atoms with Crippen LogP contribution in [0, 0.1) is 11.3 Å². The molecule has 0 aromatic heterocycles. The van der Waals surface area contributed by atoms with Crippen LogP contribution in [-0.2, 0) is 9.59 Å². The molecule has 2 fully saturated rings. The van der Waals surface area contributed by atoms with Crippen molar-refractivity contribution in [3.63, 3.8) is 0 Å². The Morgan fingerprint density at radius 2 is 1.90 bits per heavy atom. The van der Waals surface area contributed by atoms with Gasteiger partial charge in [0.05, 0.1) is 0 Å². The number of rotatable bonds is 2. The van der Waals surface area contributed by atoms with Gasteiger partial charge in [0, 0.05) is 19.5 Å². The third-order valence-corrected chi connectivity index (χ3v) is 5.21. The minimum atomic E-state index is -0.393. The molecular weight excluding hydrogens is 272 g/mol. The number of hydrogen-bond acceptors (Lipinski definition) is 3. The van der Waals surface area contributed by atoms with Crippen molar-refractivity contribution < 1.29 is 9.59 Å². The summed E-state index contributed by atoms with van der Waals surface area (Å²) in [4.78, 5) is 26.5. The highest BCUT2D eigenvalue weighted by Gasteiger charge is 2.38. The van der Waals surface area contributed by atoms with Crippen LogP contribution in [-0.4, -0.2) is 47.4 Å². The van der Waals surface area contributed by atoms with Crippen molar-refractivity contribution >= 4 is 23.6 Å². The number of amides is 2. The Bertz CT molecular complexity index is 373. The molecule has 0 aromatic carbocycles. The summed E-state index contributed by atoms with van der Waals surface area (Å²) >= 11 is 2.00. The molecule has 0 radical (unpaired) electrons. The van der Waals surface area contributed by atoms with E-state index in [2.05, 4.69) is 5.32 Å². The fourth-order valence-corrected chi connectivity index (χ4v) is 4.04. The predicted molar refractivity (Wildman–Crippen MR) is 82.6 cm³/mol. The van der Waals surface area contributed by atoms with E-state index in [1.54, 1.807) is 0 Å². The third-order valence-electron chi connectivity index (χ3n) is 4.16. The predicted octanol–water partition coefficient (Wildman–Crippen LogP) is 1.89. The zero-order valence-corrected chi connectivity index (χ0v) is 13.6. The lowest BCUT2D eigenvalue weighted by molar-refractivity contribution is -0.137. The van der Waals surface area contributed by atoms with Crippen LogP contribution in [0.3, 0.4) is 0 Å². The average Bonchev–Trinajstić information content (AvgIpc) is 2.52. The minimum absolute atomic E-state index is 0.0000234. The Kier molecular flexibility index (Phi) is 4.99. The molecule has 1 unspecified atom stereocenters. The van der Waals surface area contributed by atoms with Gasteiger partial charge >= 0.3 is 0 Å². The number of thioether (sulfide) groups is 1. The van der Waals surface area contributed by atoms with Crippen molar-refractivity contribution in [1.82, 2.24) is 10.2 Å². The van der Waals surface area contributed by atoms with Gasteiger partial charge < -0.3 is 10.2 Å². The molecule has 2 aliphatic heterocycles. The van der Waals surface area contributed by atoms with Gasteiger partial charge in [-0.15, -0.1) is 0 Å². The van der Waals surface area contributed by atoms with Crippen LogP contribution < -0.4 is 5.32 Å². The van der Waals surface area contributed by atoms with Crippen LogP contribution in [0.2, 0.25) is 0 Å². The zero-order chi connectivity index (χ0) is 14.8. The van der Waals surface area contributed by atoms with Gasteiger partial charge in [-0.1, -0.05) is 20.8 Å². The first-order valence-corrected chi connectivity index (χ1v) is 8.69. The molecule has 0 aliphatic carbocycles. The van der Waals surface area contributed by atoms with Crippen molar-refractivity contribution in [3.05, 3.63) is 0 Å². The zero-order valence-electron chi connectivity index (χ0n) is 12.8. The second-order valence-electron chi connectivity index (χ2n) is 6.96. The van der Waals surface area contributed by atoms with Crippen molar-refractivity contribution in [2.75, 3.05) is 24.6 Å². The van der Waals surface area contributed by atoms with Gasteiger partial charge in [0.25, 0.3) is 0 Å². The Morgan fingerprint density at radius 1 is 1.25 bits per heavy atom. The quantitative estimate of drug-likeness (QED) is 0.847. The van der Waals surface area contributed by atoms with E-state index in [1.807, 2.05) is 37.4 Å². The highest BCUT2D eigenvalue weighted by atomic mass is 32.2. The molecule has 0 saturated carbocycles. The van der Waals surface area contributed by atoms with Crippen molar-refractivity contribution in [2.24, 2.45) is 11.3 Å². The monoisotopic (exact) mass is 298 g/mol. The molecule has 2 aliphatic rings. The van der Waals surface area contributed by atoms with E-state index >= 15 is 0 Å². The van der Waals surface area contributed by atoms with Crippen LogP contribution in [0.4, 0.5) is 0 Å². The molecular formula is C15H26N2O2S. The van der Waals surface area contributed by atoms with Crippen LogP contribution in [0.25, 0.3) is 0 Å². The van der Waals surface area contributed by atoms with E-state index in [1.165, 1.54) is 24.3 Å². The van der Waals surface area contributed by atoms with Crippen molar-refractivity contribution in [3.8, 4) is 0 Å². The lowest BCUT2D eigenvalue weighted by Gasteiger charge is -2.34. The molecule has 0 spiro atoms. The largest absolute Gasteiger partial charge is 0.344 e. The van der Waals surface area contributed by atoms with Gasteiger partial charge in [0.2, 0.25) is 11.8 Å². The first-order valence-electron chi connectivity index (χ1n) is 7.54. The Hall–Kier alpha value is -0.710. The lowest BCUT2D eigenvalue weighted by Crippen LogP contribution is -2.52. The van der Waals surface area contributed by atoms with Gasteiger partial charge in [-0.2, -0.15) is 11.8 Å². The van der Waals surface area contributed by atoms with Crippen LogP contribution in [0.5, 0.6) is 0 Å². The molecule has 114 valence electrons. The molecule has 0 aromatic rings. The van der Waals surface area contributed by atoms with E-state index in [0.717, 1.165) is 6.54 Å². The van der Waals surface area contributed by atoms with Crippen LogP contribution in [0.15, 0.2) is 0 Å². The second-order valence-corrected chi connectivity index (χ2v) is 8.18. The summed E-state index contributed by atoms with van der Waals surface area (Å²) in [6.07, 6.45) is 2.81. The topological polar surface area (TPSA) is 49.4 Å². The number of carbonyl (C=O) groups excluding carboxylic acids is 2. The highest BCUT2D eigenvalue weighted by molar-refractivity contribution is 7.99. The van der Waals surface area contributed by atoms with E-state index in [4.69, 9.17) is 0 Å². The molecule has 1 atom stereocenters. The third kappa shape index (κ3) is 3.90. The van der Waals surface area contributed by atoms with Crippen LogP contribution >= 0.6 is 11.8 Å². The summed E-state index contributed by atoms with van der Waals surface area (Å²) < 4.78 is 0. The standard InChI is InChI=1S/C15H26N2O2S/c1-15(2,3)13-14(19)17(7-4-12(18)16-13)10-11-5-8-20-9-6-11/h11,13H,4-10H2,1-3H3,(H,16,18). The summed E-state index contributed by atoms with van der Waals surface area (Å²) in [5, 5.41) is 2.90. The maximum atomic E-state index is 12.7. The fraction of sp³-hybridized carbons (Fsp3) is 0.867. The summed E-state index contributed by atoms with van der Waals surface area (Å²) in [6.45, 7) is 7.42. The van der Waals surface area contributed by atoms with Crippen molar-refractivity contribution in [1.29, 1.82) is 0 Å². The van der Waals surface area contributed by atoms with E-state index in [0.29, 0.717) is 18.9 Å². The first-order chi connectivity index (χ1) is 9.38. The molecule has 2 heterocycles. The van der Waals surface area contributed by atoms with E-state index < -0.39 is 6.04 Å². The summed E-state index contributed by atoms with van der Waals surface area (Å²) in [6, 6.07) is -0.393. The molecule has 0 bridgehead atoms. The molecule has 4 nitrogen and oxygen atoms in total. The van der Waals surface area contributed by atoms with Crippen molar-refractivity contribution in [2.45, 2.75) is 46.1 Å². The lowest BCUT2D eigenvalue weighted by atomic mass is 9.85. The summed E-state index contributed by atoms with van der Waals surface area (Å²) in [7, 11) is 0. The smallest absolute Gasteiger partial charge is 0.245 e. The number of hydrogen-bond donors (Lipinski definition) is 1. The minimum Gasteiger partial charge on any atom is -0.344 e. The molecule has 2 rings (SSSR count). The van der Waals surface area contributed by atoms with Crippen LogP contribution in [0.1, 0.15) is 40.0 Å². The normalized spacial score (nSPS) is 26.4. The maximum absolute atomic E-state index is 12.7. The molecule has 20 heavy (non-hydrogen) atoms. The first kappa shape index (κ1) is 15.7. The Balaban J connectivity index is 2.06. The summed E-state index contributed by atoms with van der Waals surface area (Å²) in [5.74, 6) is 3.11. The highest BCUT2D eigenvalue weighted by Crippen LogP contribution is 2.27. The molecule has 2 amide bonds. The Labute approximate surface area is 126 Å². The molecule has 1 N–H and O–H groups in total. The average molecular weight is 298 g/mol. The molecule has 5 heteroatoms. The van der Waals surface area contributed by atoms with Gasteiger partial charge in [0.1, 0.15) is 6.04 Å².